The molecule has 0 unspecified atom stereocenters. The Hall–Kier alpha value is -2.34. The lowest BCUT2D eigenvalue weighted by Crippen LogP contribution is -2.35. The number of benzene rings is 2. The third kappa shape index (κ3) is 4.47. The summed E-state index contributed by atoms with van der Waals surface area (Å²) in [6.45, 7) is 11.9. The third-order valence-corrected chi connectivity index (χ3v) is 7.27. The third-order valence-electron chi connectivity index (χ3n) is 5.56. The van der Waals surface area contributed by atoms with E-state index in [-0.39, 0.29) is 5.60 Å². The SMILES string of the molecule is CC(=NCc1ccccc1)NS(=O)(=O)c1c(C)c(C)c2c(c1C)CCC(C)(C)O2. The molecule has 1 N–H and O–H groups in total. The zero-order valence-corrected chi connectivity index (χ0v) is 18.9. The van der Waals surface area contributed by atoms with Gasteiger partial charge in [0.15, 0.2) is 0 Å². The highest BCUT2D eigenvalue weighted by Gasteiger charge is 2.33. The van der Waals surface area contributed by atoms with Crippen LogP contribution in [0.3, 0.4) is 0 Å². The van der Waals surface area contributed by atoms with E-state index in [0.29, 0.717) is 17.3 Å². The van der Waals surface area contributed by atoms with Crippen LogP contribution in [0.4, 0.5) is 0 Å². The van der Waals surface area contributed by atoms with Gasteiger partial charge in [-0.15, -0.1) is 0 Å². The summed E-state index contributed by atoms with van der Waals surface area (Å²) in [4.78, 5) is 4.73. The first-order valence-corrected chi connectivity index (χ1v) is 11.4. The molecule has 6 heteroatoms. The van der Waals surface area contributed by atoms with Gasteiger partial charge in [-0.1, -0.05) is 30.3 Å². The number of sulfonamides is 1. The smallest absolute Gasteiger partial charge is 0.263 e. The fraction of sp³-hybridized carbons (Fsp3) is 0.435. The highest BCUT2D eigenvalue weighted by molar-refractivity contribution is 7.90. The van der Waals surface area contributed by atoms with Crippen molar-refractivity contribution in [3.63, 3.8) is 0 Å². The first kappa shape index (κ1) is 21.4. The van der Waals surface area contributed by atoms with Crippen LogP contribution in [-0.2, 0) is 23.0 Å². The number of aliphatic imine (C=N–C) groups is 1. The predicted octanol–water partition coefficient (Wildman–Crippen LogP) is 4.61. The molecular weight excluding hydrogens is 384 g/mol. The number of rotatable bonds is 4. The number of ether oxygens (including phenoxy) is 1. The molecule has 0 saturated heterocycles. The van der Waals surface area contributed by atoms with Gasteiger partial charge in [0.2, 0.25) is 0 Å². The van der Waals surface area contributed by atoms with Crippen LogP contribution in [0, 0.1) is 20.8 Å². The topological polar surface area (TPSA) is 67.8 Å². The van der Waals surface area contributed by atoms with E-state index in [1.54, 1.807) is 6.92 Å². The zero-order chi connectivity index (χ0) is 21.4. The van der Waals surface area contributed by atoms with Crippen LogP contribution in [0.1, 0.15) is 55.0 Å². The second-order valence-electron chi connectivity index (χ2n) is 8.37. The van der Waals surface area contributed by atoms with E-state index in [1.165, 1.54) is 0 Å². The second-order valence-corrected chi connectivity index (χ2v) is 9.99. The van der Waals surface area contributed by atoms with Gasteiger partial charge in [-0.2, -0.15) is 0 Å². The van der Waals surface area contributed by atoms with Crippen molar-refractivity contribution in [2.75, 3.05) is 0 Å². The van der Waals surface area contributed by atoms with Crippen LogP contribution in [-0.4, -0.2) is 19.9 Å². The van der Waals surface area contributed by atoms with Gasteiger partial charge in [0.25, 0.3) is 10.0 Å². The molecule has 0 aliphatic carbocycles. The Bertz CT molecular complexity index is 1060. The Morgan fingerprint density at radius 2 is 1.76 bits per heavy atom. The molecule has 2 aromatic carbocycles. The Morgan fingerprint density at radius 3 is 2.41 bits per heavy atom. The maximum absolute atomic E-state index is 13.2. The van der Waals surface area contributed by atoms with Crippen molar-refractivity contribution in [1.29, 1.82) is 0 Å². The summed E-state index contributed by atoms with van der Waals surface area (Å²) >= 11 is 0. The molecule has 3 rings (SSSR count). The van der Waals surface area contributed by atoms with Crippen LogP contribution in [0.25, 0.3) is 0 Å². The summed E-state index contributed by atoms with van der Waals surface area (Å²) in [6.07, 6.45) is 1.66. The van der Waals surface area contributed by atoms with Crippen LogP contribution >= 0.6 is 0 Å². The average Bonchev–Trinajstić information content (AvgIpc) is 2.64. The summed E-state index contributed by atoms with van der Waals surface area (Å²) in [5, 5.41) is 0. The predicted molar refractivity (Wildman–Crippen MR) is 117 cm³/mol. The van der Waals surface area contributed by atoms with E-state index in [9.17, 15) is 8.42 Å². The van der Waals surface area contributed by atoms with Gasteiger partial charge in [0.1, 0.15) is 17.2 Å². The molecule has 2 aromatic rings. The average molecular weight is 415 g/mol. The van der Waals surface area contributed by atoms with E-state index in [1.807, 2.05) is 51.1 Å². The number of amidine groups is 1. The van der Waals surface area contributed by atoms with E-state index in [4.69, 9.17) is 4.74 Å². The van der Waals surface area contributed by atoms with Crippen molar-refractivity contribution in [3.8, 4) is 5.75 Å². The maximum atomic E-state index is 13.2. The lowest BCUT2D eigenvalue weighted by Gasteiger charge is -2.35. The molecule has 29 heavy (non-hydrogen) atoms. The number of hydrogen-bond donors (Lipinski definition) is 1. The minimum Gasteiger partial charge on any atom is -0.487 e. The lowest BCUT2D eigenvalue weighted by molar-refractivity contribution is 0.0832. The Kier molecular flexibility index (Phi) is 5.77. The Labute approximate surface area is 174 Å². The molecule has 0 radical (unpaired) electrons. The lowest BCUT2D eigenvalue weighted by atomic mass is 9.88. The number of nitrogens with zero attached hydrogens (tertiary/aromatic N) is 1. The first-order chi connectivity index (χ1) is 13.5. The van der Waals surface area contributed by atoms with Gasteiger partial charge in [0.05, 0.1) is 11.4 Å². The molecule has 0 fully saturated rings. The van der Waals surface area contributed by atoms with Crippen molar-refractivity contribution in [1.82, 2.24) is 4.72 Å². The highest BCUT2D eigenvalue weighted by atomic mass is 32.2. The molecule has 0 aromatic heterocycles. The molecule has 0 spiro atoms. The number of nitrogens with one attached hydrogen (secondary N) is 1. The minimum absolute atomic E-state index is 0.240. The van der Waals surface area contributed by atoms with Crippen molar-refractivity contribution in [2.24, 2.45) is 4.99 Å². The molecule has 156 valence electrons. The summed E-state index contributed by atoms with van der Waals surface area (Å²) < 4.78 is 35.3. The Balaban J connectivity index is 1.94. The summed E-state index contributed by atoms with van der Waals surface area (Å²) in [6, 6.07) is 9.76. The van der Waals surface area contributed by atoms with Gasteiger partial charge >= 0.3 is 0 Å². The zero-order valence-electron chi connectivity index (χ0n) is 18.1. The quantitative estimate of drug-likeness (QED) is 0.587. The van der Waals surface area contributed by atoms with E-state index in [0.717, 1.165) is 46.4 Å². The fourth-order valence-electron chi connectivity index (χ4n) is 3.82. The van der Waals surface area contributed by atoms with Crippen molar-refractivity contribution in [3.05, 3.63) is 58.1 Å². The number of hydrogen-bond acceptors (Lipinski definition) is 4. The molecule has 1 aliphatic heterocycles. The van der Waals surface area contributed by atoms with Gasteiger partial charge in [0, 0.05) is 0 Å². The molecule has 1 aliphatic rings. The molecule has 0 saturated carbocycles. The van der Waals surface area contributed by atoms with E-state index < -0.39 is 10.0 Å². The summed E-state index contributed by atoms with van der Waals surface area (Å²) in [5.74, 6) is 1.21. The molecule has 1 heterocycles. The van der Waals surface area contributed by atoms with Gasteiger partial charge in [-0.3, -0.25) is 9.71 Å². The normalized spacial score (nSPS) is 16.1. The Morgan fingerprint density at radius 1 is 1.10 bits per heavy atom. The van der Waals surface area contributed by atoms with E-state index in [2.05, 4.69) is 23.6 Å². The maximum Gasteiger partial charge on any atom is 0.263 e. The van der Waals surface area contributed by atoms with Crippen LogP contribution < -0.4 is 9.46 Å². The van der Waals surface area contributed by atoms with Crippen LogP contribution in [0.15, 0.2) is 40.2 Å². The molecule has 0 amide bonds. The van der Waals surface area contributed by atoms with Crippen molar-refractivity contribution >= 4 is 15.9 Å². The molecule has 0 atom stereocenters. The molecule has 0 bridgehead atoms. The summed E-state index contributed by atoms with van der Waals surface area (Å²) in [7, 11) is -3.75. The molecule has 5 nitrogen and oxygen atoms in total. The largest absolute Gasteiger partial charge is 0.487 e. The second kappa shape index (κ2) is 7.82. The van der Waals surface area contributed by atoms with Crippen LogP contribution in [0.2, 0.25) is 0 Å². The van der Waals surface area contributed by atoms with Gasteiger partial charge < -0.3 is 4.74 Å². The highest BCUT2D eigenvalue weighted by Crippen LogP contribution is 2.42. The van der Waals surface area contributed by atoms with Crippen LogP contribution in [0.5, 0.6) is 5.75 Å². The first-order valence-electron chi connectivity index (χ1n) is 9.91. The minimum atomic E-state index is -3.75. The van der Waals surface area contributed by atoms with Crippen molar-refractivity contribution < 1.29 is 13.2 Å². The summed E-state index contributed by atoms with van der Waals surface area (Å²) in [5.41, 5.74) is 4.16. The van der Waals surface area contributed by atoms with E-state index >= 15 is 0 Å². The molecular formula is C23H30N2O3S. The number of fused-ring (bicyclic) bond motifs is 1. The van der Waals surface area contributed by atoms with Gasteiger partial charge in [-0.05, 0) is 82.2 Å². The van der Waals surface area contributed by atoms with Gasteiger partial charge in [-0.25, -0.2) is 8.42 Å². The monoisotopic (exact) mass is 414 g/mol. The fourth-order valence-corrected chi connectivity index (χ4v) is 5.46. The van der Waals surface area contributed by atoms with Crippen molar-refractivity contribution in [2.45, 2.75) is 71.4 Å². The standard InChI is InChI=1S/C23H30N2O3S/c1-15-16(2)22(17(3)20-12-13-23(5,6)28-21(15)20)29(26,27)25-18(4)24-14-19-10-8-7-9-11-19/h7-11H,12-14H2,1-6H3,(H,24,25).